The molecule has 2 amide bonds. The summed E-state index contributed by atoms with van der Waals surface area (Å²) in [5, 5.41) is 15.0. The molecule has 1 heterocycles. The molecular formula is C30H30N6O5S. The fourth-order valence-corrected chi connectivity index (χ4v) is 5.40. The van der Waals surface area contributed by atoms with Crippen LogP contribution in [0.2, 0.25) is 0 Å². The fourth-order valence-electron chi connectivity index (χ4n) is 4.21. The number of nitrogens with two attached hydrogens (primary N) is 1. The van der Waals surface area contributed by atoms with E-state index < -0.39 is 28.1 Å². The molecule has 5 rings (SSSR count). The molecule has 0 aliphatic heterocycles. The summed E-state index contributed by atoms with van der Waals surface area (Å²) in [6.45, 7) is 0. The van der Waals surface area contributed by atoms with E-state index in [1.54, 1.807) is 54.6 Å². The number of carboxylic acid groups (broad SMARTS) is 1. The maximum Gasteiger partial charge on any atom is 0.326 e. The number of nitrogens with zero attached hydrogens (tertiary/aromatic N) is 1. The Morgan fingerprint density at radius 1 is 0.881 bits per heavy atom. The van der Waals surface area contributed by atoms with Gasteiger partial charge in [-0.15, -0.1) is 0 Å². The highest BCUT2D eigenvalue weighted by Gasteiger charge is 2.25. The number of nitrogen functional groups attached to an aromatic ring is 1. The van der Waals surface area contributed by atoms with Crippen LogP contribution in [0.3, 0.4) is 0 Å². The summed E-state index contributed by atoms with van der Waals surface area (Å²) in [6.07, 6.45) is -0.0450. The Balaban J connectivity index is 0.00000405. The van der Waals surface area contributed by atoms with E-state index in [-0.39, 0.29) is 18.7 Å². The number of sulfonamides is 1. The minimum atomic E-state index is -4.13. The van der Waals surface area contributed by atoms with Crippen molar-refractivity contribution in [2.45, 2.75) is 24.8 Å². The van der Waals surface area contributed by atoms with Crippen LogP contribution in [0.5, 0.6) is 0 Å². The number of anilines is 3. The van der Waals surface area contributed by atoms with Crippen LogP contribution < -0.4 is 21.1 Å². The number of rotatable bonds is 9. The number of amides is 2. The van der Waals surface area contributed by atoms with Gasteiger partial charge in [-0.2, -0.15) is 4.72 Å². The number of carboxylic acids is 1. The second kappa shape index (κ2) is 12.5. The van der Waals surface area contributed by atoms with Gasteiger partial charge in [0.15, 0.2) is 0 Å². The Kier molecular flexibility index (Phi) is 8.89. The van der Waals surface area contributed by atoms with Gasteiger partial charge in [0.2, 0.25) is 16.0 Å². The molecule has 0 fully saturated rings. The van der Waals surface area contributed by atoms with E-state index in [2.05, 4.69) is 25.3 Å². The number of aromatic nitrogens is 2. The number of carbonyl (C=O) groups excluding carboxylic acids is 1. The number of aromatic amines is 1. The van der Waals surface area contributed by atoms with Crippen LogP contribution in [-0.4, -0.2) is 41.5 Å². The number of aliphatic carboxylic acids is 1. The lowest BCUT2D eigenvalue weighted by Gasteiger charge is -2.15. The molecule has 42 heavy (non-hydrogen) atoms. The molecule has 0 saturated carbocycles. The first-order valence-electron chi connectivity index (χ1n) is 12.5. The molecule has 1 aromatic heterocycles. The van der Waals surface area contributed by atoms with Gasteiger partial charge in [-0.3, -0.25) is 10.1 Å². The smallest absolute Gasteiger partial charge is 0.326 e. The van der Waals surface area contributed by atoms with E-state index in [4.69, 9.17) is 5.73 Å². The lowest BCUT2D eigenvalue weighted by Crippen LogP contribution is -2.42. The fraction of sp³-hybridized carbons (Fsp3) is 0.100. The molecule has 11 nitrogen and oxygen atoms in total. The molecule has 0 saturated heterocycles. The van der Waals surface area contributed by atoms with Crippen LogP contribution >= 0.6 is 0 Å². The van der Waals surface area contributed by atoms with Crippen molar-refractivity contribution in [1.29, 1.82) is 0 Å². The van der Waals surface area contributed by atoms with E-state index in [9.17, 15) is 23.1 Å². The van der Waals surface area contributed by atoms with Gasteiger partial charge >= 0.3 is 12.0 Å². The molecular weight excluding hydrogens is 556 g/mol. The molecule has 1 atom stereocenters. The van der Waals surface area contributed by atoms with Crippen LogP contribution in [0.15, 0.2) is 102 Å². The minimum absolute atomic E-state index is 0. The Morgan fingerprint density at radius 3 is 2.29 bits per heavy atom. The van der Waals surface area contributed by atoms with Crippen molar-refractivity contribution in [3.05, 3.63) is 103 Å². The predicted molar refractivity (Wildman–Crippen MR) is 164 cm³/mol. The predicted octanol–water partition coefficient (Wildman–Crippen LogP) is 5.07. The van der Waals surface area contributed by atoms with Gasteiger partial charge in [0.1, 0.15) is 6.04 Å². The summed E-state index contributed by atoms with van der Waals surface area (Å²) in [6, 6.07) is 25.2. The molecule has 4 aromatic carbocycles. The first-order valence-corrected chi connectivity index (χ1v) is 14.0. The van der Waals surface area contributed by atoms with Crippen molar-refractivity contribution in [1.82, 2.24) is 14.7 Å². The maximum absolute atomic E-state index is 13.0. The molecule has 0 unspecified atom stereocenters. The summed E-state index contributed by atoms with van der Waals surface area (Å²) < 4.78 is 28.2. The van der Waals surface area contributed by atoms with Gasteiger partial charge in [-0.1, -0.05) is 56.0 Å². The zero-order valence-electron chi connectivity index (χ0n) is 21.5. The third kappa shape index (κ3) is 7.11. The number of carbonyl (C=O) groups is 2. The standard InChI is InChI=1S/C29H26N6O5S.CH4/c30-21-12-8-18(9-13-21)16-26(27(36)37)35-41(39,40)23-14-10-19(11-15-23)20-4-3-5-22(17-20)31-29(38)34-28-32-24-6-1-2-7-25(24)33-28;/h1-15,17,26,35H,16,30H2,(H,36,37)(H3,31,32,33,34,38);1H4/t26-;/m0./s1. The number of urea groups is 1. The number of H-pyrrole nitrogens is 1. The summed E-state index contributed by atoms with van der Waals surface area (Å²) in [5.74, 6) is -0.987. The molecule has 0 aliphatic carbocycles. The third-order valence-corrected chi connectivity index (χ3v) is 7.74. The highest BCUT2D eigenvalue weighted by atomic mass is 32.2. The number of imidazole rings is 1. The zero-order chi connectivity index (χ0) is 29.0. The average Bonchev–Trinajstić information content (AvgIpc) is 3.36. The molecule has 0 radical (unpaired) electrons. The summed E-state index contributed by atoms with van der Waals surface area (Å²) in [4.78, 5) is 31.6. The van der Waals surface area contributed by atoms with Crippen LogP contribution in [0.25, 0.3) is 22.2 Å². The highest BCUT2D eigenvalue weighted by molar-refractivity contribution is 7.89. The van der Waals surface area contributed by atoms with E-state index in [0.29, 0.717) is 28.5 Å². The molecule has 0 spiro atoms. The topological polar surface area (TPSA) is 179 Å². The largest absolute Gasteiger partial charge is 0.480 e. The third-order valence-electron chi connectivity index (χ3n) is 6.25. The highest BCUT2D eigenvalue weighted by Crippen LogP contribution is 2.25. The summed E-state index contributed by atoms with van der Waals surface area (Å²) >= 11 is 0. The lowest BCUT2D eigenvalue weighted by molar-refractivity contribution is -0.138. The second-order valence-electron chi connectivity index (χ2n) is 9.24. The molecule has 0 aliphatic rings. The molecule has 5 aromatic rings. The Bertz CT molecular complexity index is 1790. The van der Waals surface area contributed by atoms with E-state index >= 15 is 0 Å². The molecule has 216 valence electrons. The zero-order valence-corrected chi connectivity index (χ0v) is 22.4. The van der Waals surface area contributed by atoms with Crippen molar-refractivity contribution in [2.24, 2.45) is 0 Å². The van der Waals surface area contributed by atoms with Crippen LogP contribution in [0.1, 0.15) is 13.0 Å². The SMILES string of the molecule is C.Nc1ccc(C[C@H](NS(=O)(=O)c2ccc(-c3cccc(NC(=O)Nc4nc5ccccc5[nH]4)c3)cc2)C(=O)O)cc1. The van der Waals surface area contributed by atoms with Crippen molar-refractivity contribution < 1.29 is 23.1 Å². The summed E-state index contributed by atoms with van der Waals surface area (Å²) in [7, 11) is -4.13. The quantitative estimate of drug-likeness (QED) is 0.131. The Hall–Kier alpha value is -5.20. The van der Waals surface area contributed by atoms with Crippen molar-refractivity contribution in [3.63, 3.8) is 0 Å². The Labute approximate surface area is 242 Å². The van der Waals surface area contributed by atoms with Crippen LogP contribution in [-0.2, 0) is 21.2 Å². The van der Waals surface area contributed by atoms with Crippen molar-refractivity contribution in [3.8, 4) is 11.1 Å². The van der Waals surface area contributed by atoms with Gasteiger partial charge in [0.25, 0.3) is 0 Å². The normalized spacial score (nSPS) is 11.8. The van der Waals surface area contributed by atoms with Gasteiger partial charge < -0.3 is 21.1 Å². The second-order valence-corrected chi connectivity index (χ2v) is 11.0. The first kappa shape index (κ1) is 29.8. The van der Waals surface area contributed by atoms with E-state index in [0.717, 1.165) is 16.6 Å². The average molecular weight is 587 g/mol. The monoisotopic (exact) mass is 586 g/mol. The van der Waals surface area contributed by atoms with Crippen molar-refractivity contribution >= 4 is 50.4 Å². The molecule has 7 N–H and O–H groups in total. The molecule has 0 bridgehead atoms. The minimum Gasteiger partial charge on any atom is -0.480 e. The van der Waals surface area contributed by atoms with Gasteiger partial charge in [0.05, 0.1) is 15.9 Å². The van der Waals surface area contributed by atoms with Crippen LogP contribution in [0.4, 0.5) is 22.1 Å². The number of fused-ring (bicyclic) bond motifs is 1. The maximum atomic E-state index is 13.0. The van der Waals surface area contributed by atoms with E-state index in [1.807, 2.05) is 30.3 Å². The number of hydrogen-bond acceptors (Lipinski definition) is 6. The van der Waals surface area contributed by atoms with Gasteiger partial charge in [-0.25, -0.2) is 18.2 Å². The van der Waals surface area contributed by atoms with E-state index in [1.165, 1.54) is 12.1 Å². The van der Waals surface area contributed by atoms with Gasteiger partial charge in [0, 0.05) is 11.4 Å². The van der Waals surface area contributed by atoms with Crippen molar-refractivity contribution in [2.75, 3.05) is 16.4 Å². The lowest BCUT2D eigenvalue weighted by atomic mass is 10.1. The summed E-state index contributed by atoms with van der Waals surface area (Å²) in [5.41, 5.74) is 10.3. The first-order chi connectivity index (χ1) is 19.7. The number of benzene rings is 4. The Morgan fingerprint density at radius 2 is 1.60 bits per heavy atom. The van der Waals surface area contributed by atoms with Gasteiger partial charge in [-0.05, 0) is 71.6 Å². The number of hydrogen-bond donors (Lipinski definition) is 6. The van der Waals surface area contributed by atoms with Crippen LogP contribution in [0, 0.1) is 0 Å². The molecule has 12 heteroatoms. The number of para-hydroxylation sites is 2. The number of nitrogens with one attached hydrogen (secondary N) is 4.